The average molecular weight is 226 g/mol. The molecule has 0 fully saturated rings. The number of fused-ring (bicyclic) bond motifs is 3. The minimum atomic E-state index is 0.646. The van der Waals surface area contributed by atoms with E-state index in [9.17, 15) is 0 Å². The Balaban J connectivity index is 2.46. The van der Waals surface area contributed by atoms with Crippen LogP contribution < -0.4 is 0 Å². The molecule has 0 amide bonds. The predicted octanol–water partition coefficient (Wildman–Crippen LogP) is 3.96. The Bertz CT molecular complexity index is 513. The highest BCUT2D eigenvalue weighted by atomic mass is 35.5. The summed E-state index contributed by atoms with van der Waals surface area (Å²) in [6, 6.07) is 3.85. The third-order valence-corrected chi connectivity index (χ3v) is 3.70. The summed E-state index contributed by atoms with van der Waals surface area (Å²) in [7, 11) is 0. The molecule has 0 radical (unpaired) electrons. The zero-order valence-electron chi connectivity index (χ0n) is 7.53. The van der Waals surface area contributed by atoms with E-state index in [-0.39, 0.29) is 0 Å². The molecule has 1 aromatic heterocycles. The lowest BCUT2D eigenvalue weighted by atomic mass is 10.1. The fraction of sp³-hybridized carbons (Fsp3) is 0.273. The number of H-pyrrole nitrogens is 1. The van der Waals surface area contributed by atoms with Crippen molar-refractivity contribution in [1.29, 1.82) is 0 Å². The van der Waals surface area contributed by atoms with Gasteiger partial charge in [0.1, 0.15) is 0 Å². The first kappa shape index (κ1) is 8.63. The Morgan fingerprint density at radius 3 is 2.86 bits per heavy atom. The van der Waals surface area contributed by atoms with Crippen molar-refractivity contribution >= 4 is 34.1 Å². The number of aromatic nitrogens is 1. The molecule has 1 aromatic carbocycles. The maximum Gasteiger partial charge on any atom is 0.0688 e. The van der Waals surface area contributed by atoms with E-state index in [1.54, 1.807) is 0 Å². The standard InChI is InChI=1S/C11H9Cl2N/c12-7-4-5-9-10(11(7)13)6-2-1-3-8(6)14-9/h4-5,14H,1-3H2. The SMILES string of the molecule is Clc1ccc2[nH]c3c(c2c1Cl)CCC3. The Kier molecular flexibility index (Phi) is 1.80. The van der Waals surface area contributed by atoms with E-state index >= 15 is 0 Å². The number of benzene rings is 1. The summed E-state index contributed by atoms with van der Waals surface area (Å²) >= 11 is 12.2. The first-order valence-electron chi connectivity index (χ1n) is 4.75. The summed E-state index contributed by atoms with van der Waals surface area (Å²) in [5.74, 6) is 0. The molecule has 0 bridgehead atoms. The van der Waals surface area contributed by atoms with E-state index in [0.717, 1.165) is 23.7 Å². The number of rotatable bonds is 0. The van der Waals surface area contributed by atoms with E-state index in [2.05, 4.69) is 4.98 Å². The lowest BCUT2D eigenvalue weighted by molar-refractivity contribution is 0.899. The Hall–Kier alpha value is -0.660. The van der Waals surface area contributed by atoms with Crippen molar-refractivity contribution in [3.8, 4) is 0 Å². The normalized spacial score (nSPS) is 15.0. The second-order valence-corrected chi connectivity index (χ2v) is 4.50. The van der Waals surface area contributed by atoms with Crippen LogP contribution in [-0.2, 0) is 12.8 Å². The molecule has 0 aliphatic heterocycles. The van der Waals surface area contributed by atoms with Crippen molar-refractivity contribution in [3.63, 3.8) is 0 Å². The lowest BCUT2D eigenvalue weighted by Gasteiger charge is -1.99. The van der Waals surface area contributed by atoms with Gasteiger partial charge < -0.3 is 4.98 Å². The maximum absolute atomic E-state index is 6.20. The van der Waals surface area contributed by atoms with Gasteiger partial charge in [0.25, 0.3) is 0 Å². The Morgan fingerprint density at radius 2 is 2.00 bits per heavy atom. The van der Waals surface area contributed by atoms with Crippen LogP contribution in [0.5, 0.6) is 0 Å². The quantitative estimate of drug-likeness (QED) is 0.699. The zero-order valence-corrected chi connectivity index (χ0v) is 9.04. The molecule has 0 spiro atoms. The monoisotopic (exact) mass is 225 g/mol. The molecule has 72 valence electrons. The van der Waals surface area contributed by atoms with Gasteiger partial charge in [-0.05, 0) is 37.0 Å². The minimum Gasteiger partial charge on any atom is -0.358 e. The van der Waals surface area contributed by atoms with Gasteiger partial charge in [0.2, 0.25) is 0 Å². The van der Waals surface area contributed by atoms with Gasteiger partial charge in [0.05, 0.1) is 10.0 Å². The third kappa shape index (κ3) is 1.03. The summed E-state index contributed by atoms with van der Waals surface area (Å²) in [5.41, 5.74) is 3.82. The Morgan fingerprint density at radius 1 is 1.14 bits per heavy atom. The van der Waals surface area contributed by atoms with Crippen LogP contribution in [-0.4, -0.2) is 4.98 Å². The summed E-state index contributed by atoms with van der Waals surface area (Å²) in [5, 5.41) is 2.48. The van der Waals surface area contributed by atoms with Gasteiger partial charge >= 0.3 is 0 Å². The smallest absolute Gasteiger partial charge is 0.0688 e. The van der Waals surface area contributed by atoms with Crippen LogP contribution in [0.2, 0.25) is 10.0 Å². The number of hydrogen-bond acceptors (Lipinski definition) is 0. The molecule has 3 rings (SSSR count). The number of aromatic amines is 1. The van der Waals surface area contributed by atoms with Crippen LogP contribution in [0.25, 0.3) is 10.9 Å². The van der Waals surface area contributed by atoms with Crippen molar-refractivity contribution in [3.05, 3.63) is 33.4 Å². The summed E-state index contributed by atoms with van der Waals surface area (Å²) in [6.45, 7) is 0. The van der Waals surface area contributed by atoms with Crippen LogP contribution in [0, 0.1) is 0 Å². The first-order chi connectivity index (χ1) is 6.77. The van der Waals surface area contributed by atoms with Gasteiger partial charge in [-0.2, -0.15) is 0 Å². The number of nitrogens with one attached hydrogen (secondary N) is 1. The fourth-order valence-corrected chi connectivity index (χ4v) is 2.71. The summed E-state index contributed by atoms with van der Waals surface area (Å²) in [6.07, 6.45) is 3.48. The fourth-order valence-electron chi connectivity index (χ4n) is 2.27. The van der Waals surface area contributed by atoms with Crippen LogP contribution in [0.15, 0.2) is 12.1 Å². The lowest BCUT2D eigenvalue weighted by Crippen LogP contribution is -1.78. The molecule has 0 unspecified atom stereocenters. The summed E-state index contributed by atoms with van der Waals surface area (Å²) in [4.78, 5) is 3.40. The molecule has 0 saturated carbocycles. The summed E-state index contributed by atoms with van der Waals surface area (Å²) < 4.78 is 0. The van der Waals surface area contributed by atoms with E-state index < -0.39 is 0 Å². The van der Waals surface area contributed by atoms with Crippen molar-refractivity contribution < 1.29 is 0 Å². The molecule has 0 saturated heterocycles. The van der Waals surface area contributed by atoms with Crippen LogP contribution in [0.1, 0.15) is 17.7 Å². The van der Waals surface area contributed by atoms with Gasteiger partial charge in [0, 0.05) is 16.6 Å². The second kappa shape index (κ2) is 2.91. The largest absolute Gasteiger partial charge is 0.358 e. The highest BCUT2D eigenvalue weighted by Crippen LogP contribution is 2.37. The van der Waals surface area contributed by atoms with Crippen LogP contribution >= 0.6 is 23.2 Å². The first-order valence-corrected chi connectivity index (χ1v) is 5.50. The maximum atomic E-state index is 6.20. The topological polar surface area (TPSA) is 15.8 Å². The molecule has 1 N–H and O–H groups in total. The molecule has 1 aliphatic carbocycles. The second-order valence-electron chi connectivity index (χ2n) is 3.72. The van der Waals surface area contributed by atoms with Crippen LogP contribution in [0.4, 0.5) is 0 Å². The van der Waals surface area contributed by atoms with E-state index in [0.29, 0.717) is 10.0 Å². The van der Waals surface area contributed by atoms with Gasteiger partial charge in [0.15, 0.2) is 0 Å². The van der Waals surface area contributed by atoms with Gasteiger partial charge in [-0.15, -0.1) is 0 Å². The van der Waals surface area contributed by atoms with Crippen LogP contribution in [0.3, 0.4) is 0 Å². The molecule has 0 atom stereocenters. The highest BCUT2D eigenvalue weighted by Gasteiger charge is 2.19. The van der Waals surface area contributed by atoms with Gasteiger partial charge in [-0.25, -0.2) is 0 Å². The van der Waals surface area contributed by atoms with Crippen molar-refractivity contribution in [2.24, 2.45) is 0 Å². The molecule has 1 nitrogen and oxygen atoms in total. The molecule has 3 heteroatoms. The highest BCUT2D eigenvalue weighted by molar-refractivity contribution is 6.45. The minimum absolute atomic E-state index is 0.646. The molecule has 14 heavy (non-hydrogen) atoms. The number of hydrogen-bond donors (Lipinski definition) is 1. The number of halogens is 2. The van der Waals surface area contributed by atoms with E-state index in [1.165, 1.54) is 17.7 Å². The molecule has 1 aliphatic rings. The van der Waals surface area contributed by atoms with E-state index in [1.807, 2.05) is 12.1 Å². The van der Waals surface area contributed by atoms with Crippen molar-refractivity contribution in [1.82, 2.24) is 4.98 Å². The third-order valence-electron chi connectivity index (χ3n) is 2.90. The Labute approximate surface area is 92.0 Å². The van der Waals surface area contributed by atoms with Gasteiger partial charge in [-0.1, -0.05) is 23.2 Å². The van der Waals surface area contributed by atoms with Gasteiger partial charge in [-0.3, -0.25) is 0 Å². The van der Waals surface area contributed by atoms with E-state index in [4.69, 9.17) is 23.2 Å². The average Bonchev–Trinajstić information content (AvgIpc) is 2.70. The number of aryl methyl sites for hydroxylation is 2. The molecular weight excluding hydrogens is 217 g/mol. The molecular formula is C11H9Cl2N. The van der Waals surface area contributed by atoms with Crippen molar-refractivity contribution in [2.75, 3.05) is 0 Å². The predicted molar refractivity (Wildman–Crippen MR) is 60.3 cm³/mol. The molecule has 2 aromatic rings. The van der Waals surface area contributed by atoms with Crippen molar-refractivity contribution in [2.45, 2.75) is 19.3 Å². The zero-order chi connectivity index (χ0) is 9.71. The molecule has 1 heterocycles.